The van der Waals surface area contributed by atoms with Crippen LogP contribution in [0.1, 0.15) is 30.5 Å². The molecule has 1 aliphatic rings. The van der Waals surface area contributed by atoms with E-state index >= 15 is 0 Å². The Balaban J connectivity index is 2.04. The molecule has 2 aromatic rings. The molecule has 98 valence electrons. The molecule has 2 nitrogen and oxygen atoms in total. The van der Waals surface area contributed by atoms with Crippen molar-refractivity contribution in [3.63, 3.8) is 0 Å². The lowest BCUT2D eigenvalue weighted by Gasteiger charge is -2.23. The van der Waals surface area contributed by atoms with Crippen LogP contribution in [0.15, 0.2) is 39.9 Å². The van der Waals surface area contributed by atoms with E-state index in [1.165, 1.54) is 22.3 Å². The first kappa shape index (κ1) is 12.2. The summed E-state index contributed by atoms with van der Waals surface area (Å²) in [6.45, 7) is 6.59. The minimum atomic E-state index is 0.402. The molecule has 3 rings (SSSR count). The van der Waals surface area contributed by atoms with Gasteiger partial charge in [-0.3, -0.25) is 4.99 Å². The highest BCUT2D eigenvalue weighted by atomic mass is 16.3. The lowest BCUT2D eigenvalue weighted by Crippen LogP contribution is -2.21. The highest BCUT2D eigenvalue weighted by Gasteiger charge is 2.19. The van der Waals surface area contributed by atoms with Crippen LogP contribution in [0.5, 0.6) is 0 Å². The summed E-state index contributed by atoms with van der Waals surface area (Å²) in [5.41, 5.74) is 5.07. The zero-order valence-electron chi connectivity index (χ0n) is 11.7. The average Bonchev–Trinajstić information content (AvgIpc) is 2.91. The molecule has 19 heavy (non-hydrogen) atoms. The summed E-state index contributed by atoms with van der Waals surface area (Å²) in [6.07, 6.45) is 4.78. The van der Waals surface area contributed by atoms with E-state index in [-0.39, 0.29) is 0 Å². The Morgan fingerprint density at radius 2 is 2.16 bits per heavy atom. The van der Waals surface area contributed by atoms with Gasteiger partial charge >= 0.3 is 0 Å². The molecule has 1 aromatic carbocycles. The van der Waals surface area contributed by atoms with E-state index in [1.54, 1.807) is 6.26 Å². The van der Waals surface area contributed by atoms with Gasteiger partial charge < -0.3 is 4.42 Å². The molecular formula is C17H19NO. The summed E-state index contributed by atoms with van der Waals surface area (Å²) in [7, 11) is 0. The molecule has 0 amide bonds. The van der Waals surface area contributed by atoms with Gasteiger partial charge in [0, 0.05) is 11.8 Å². The second kappa shape index (κ2) is 4.69. The number of benzene rings is 1. The standard InChI is InChI=1S/C17H19NO/c1-11(2)16-9-13-8-15(17-5-4-6-19-17)12(3)7-14(13)10-18-16/h4-8,10-11,16H,9H2,1-3H3. The second-order valence-electron chi connectivity index (χ2n) is 5.64. The molecule has 0 saturated carbocycles. The van der Waals surface area contributed by atoms with Gasteiger partial charge in [-0.05, 0) is 60.2 Å². The SMILES string of the molecule is Cc1cc2c(cc1-c1ccco1)CC(C(C)C)N=C2. The predicted octanol–water partition coefficient (Wildman–Crippen LogP) is 4.25. The lowest BCUT2D eigenvalue weighted by atomic mass is 9.89. The first-order valence-corrected chi connectivity index (χ1v) is 6.85. The van der Waals surface area contributed by atoms with Crippen LogP contribution in [-0.4, -0.2) is 12.3 Å². The van der Waals surface area contributed by atoms with Gasteiger partial charge in [-0.15, -0.1) is 0 Å². The molecule has 2 heteroatoms. The maximum Gasteiger partial charge on any atom is 0.134 e. The van der Waals surface area contributed by atoms with Crippen molar-refractivity contribution in [1.29, 1.82) is 0 Å². The number of fused-ring (bicyclic) bond motifs is 1. The molecule has 0 radical (unpaired) electrons. The van der Waals surface area contributed by atoms with Gasteiger partial charge in [0.25, 0.3) is 0 Å². The number of furan rings is 1. The van der Waals surface area contributed by atoms with Gasteiger partial charge in [0.2, 0.25) is 0 Å². The van der Waals surface area contributed by atoms with Gasteiger partial charge in [-0.1, -0.05) is 13.8 Å². The summed E-state index contributed by atoms with van der Waals surface area (Å²) in [5, 5.41) is 0. The second-order valence-corrected chi connectivity index (χ2v) is 5.64. The van der Waals surface area contributed by atoms with E-state index < -0.39 is 0 Å². The van der Waals surface area contributed by atoms with E-state index in [4.69, 9.17) is 4.42 Å². The van der Waals surface area contributed by atoms with Crippen LogP contribution in [-0.2, 0) is 6.42 Å². The molecule has 1 atom stereocenters. The summed E-state index contributed by atoms with van der Waals surface area (Å²) in [5.74, 6) is 1.53. The third kappa shape index (κ3) is 2.23. The first-order chi connectivity index (χ1) is 9.15. The number of hydrogen-bond donors (Lipinski definition) is 0. The van der Waals surface area contributed by atoms with Crippen molar-refractivity contribution in [2.24, 2.45) is 10.9 Å². The van der Waals surface area contributed by atoms with Crippen LogP contribution < -0.4 is 0 Å². The summed E-state index contributed by atoms with van der Waals surface area (Å²) in [4.78, 5) is 4.66. The topological polar surface area (TPSA) is 25.5 Å². The van der Waals surface area contributed by atoms with Crippen LogP contribution in [0, 0.1) is 12.8 Å². The van der Waals surface area contributed by atoms with E-state index in [0.29, 0.717) is 12.0 Å². The van der Waals surface area contributed by atoms with Crippen molar-refractivity contribution < 1.29 is 4.42 Å². The Morgan fingerprint density at radius 3 is 2.84 bits per heavy atom. The highest BCUT2D eigenvalue weighted by Crippen LogP contribution is 2.30. The molecule has 1 aromatic heterocycles. The average molecular weight is 253 g/mol. The van der Waals surface area contributed by atoms with Crippen molar-refractivity contribution >= 4 is 6.21 Å². The summed E-state index contributed by atoms with van der Waals surface area (Å²) >= 11 is 0. The van der Waals surface area contributed by atoms with E-state index in [2.05, 4.69) is 37.9 Å². The Morgan fingerprint density at radius 1 is 1.32 bits per heavy atom. The smallest absolute Gasteiger partial charge is 0.134 e. The molecule has 0 bridgehead atoms. The molecule has 0 saturated heterocycles. The Bertz CT molecular complexity index is 608. The minimum absolute atomic E-state index is 0.402. The molecule has 0 N–H and O–H groups in total. The van der Waals surface area contributed by atoms with Crippen molar-refractivity contribution in [3.8, 4) is 11.3 Å². The van der Waals surface area contributed by atoms with Crippen molar-refractivity contribution in [2.45, 2.75) is 33.2 Å². The maximum atomic E-state index is 5.53. The van der Waals surface area contributed by atoms with Gasteiger partial charge in [-0.2, -0.15) is 0 Å². The van der Waals surface area contributed by atoms with E-state index in [0.717, 1.165) is 12.2 Å². The highest BCUT2D eigenvalue weighted by molar-refractivity contribution is 5.85. The first-order valence-electron chi connectivity index (χ1n) is 6.85. The van der Waals surface area contributed by atoms with Gasteiger partial charge in [0.15, 0.2) is 0 Å². The monoisotopic (exact) mass is 253 g/mol. The number of rotatable bonds is 2. The van der Waals surface area contributed by atoms with Crippen molar-refractivity contribution in [2.75, 3.05) is 0 Å². The van der Waals surface area contributed by atoms with Crippen molar-refractivity contribution in [1.82, 2.24) is 0 Å². The van der Waals surface area contributed by atoms with Crippen LogP contribution in [0.3, 0.4) is 0 Å². The van der Waals surface area contributed by atoms with Gasteiger partial charge in [-0.25, -0.2) is 0 Å². The van der Waals surface area contributed by atoms with Crippen LogP contribution in [0.4, 0.5) is 0 Å². The zero-order valence-corrected chi connectivity index (χ0v) is 11.7. The lowest BCUT2D eigenvalue weighted by molar-refractivity contribution is 0.490. The molecule has 0 fully saturated rings. The normalized spacial score (nSPS) is 17.8. The fraction of sp³-hybridized carbons (Fsp3) is 0.353. The quantitative estimate of drug-likeness (QED) is 0.785. The Labute approximate surface area is 114 Å². The number of aliphatic imine (C=N–C) groups is 1. The third-order valence-corrected chi connectivity index (χ3v) is 3.88. The zero-order chi connectivity index (χ0) is 13.4. The van der Waals surface area contributed by atoms with E-state index in [1.807, 2.05) is 18.3 Å². The molecule has 1 unspecified atom stereocenters. The predicted molar refractivity (Wildman–Crippen MR) is 78.8 cm³/mol. The van der Waals surface area contributed by atoms with Crippen molar-refractivity contribution in [3.05, 3.63) is 47.2 Å². The van der Waals surface area contributed by atoms with E-state index in [9.17, 15) is 0 Å². The largest absolute Gasteiger partial charge is 0.464 e. The molecule has 0 aliphatic carbocycles. The molecule has 2 heterocycles. The molecular weight excluding hydrogens is 234 g/mol. The number of nitrogens with zero attached hydrogens (tertiary/aromatic N) is 1. The van der Waals surface area contributed by atoms with Crippen LogP contribution in [0.25, 0.3) is 11.3 Å². The maximum absolute atomic E-state index is 5.53. The summed E-state index contributed by atoms with van der Waals surface area (Å²) in [6, 6.07) is 8.84. The fourth-order valence-electron chi connectivity index (χ4n) is 2.63. The van der Waals surface area contributed by atoms with Crippen LogP contribution in [0.2, 0.25) is 0 Å². The Kier molecular flexibility index (Phi) is 3.02. The molecule has 0 spiro atoms. The number of hydrogen-bond acceptors (Lipinski definition) is 2. The van der Waals surface area contributed by atoms with Gasteiger partial charge in [0.1, 0.15) is 5.76 Å². The summed E-state index contributed by atoms with van der Waals surface area (Å²) < 4.78 is 5.53. The minimum Gasteiger partial charge on any atom is -0.464 e. The third-order valence-electron chi connectivity index (χ3n) is 3.88. The molecule has 1 aliphatic heterocycles. The van der Waals surface area contributed by atoms with Crippen LogP contribution >= 0.6 is 0 Å². The fourth-order valence-corrected chi connectivity index (χ4v) is 2.63. The number of aryl methyl sites for hydroxylation is 1. The Hall–Kier alpha value is -1.83. The van der Waals surface area contributed by atoms with Gasteiger partial charge in [0.05, 0.1) is 12.3 Å².